The third kappa shape index (κ3) is 2.72. The standard InChI is InChI=1S/C13H14ClFN2OS/c14-9-4-3-8(15)7-10(9)17-12(18)13(11(16)19)5-1-2-6-13/h3-4,7H,1-2,5-6H2,(H2,16,19)(H,17,18). The Morgan fingerprint density at radius 2 is 2.05 bits per heavy atom. The fraction of sp³-hybridized carbons (Fsp3) is 0.385. The van der Waals surface area contributed by atoms with Gasteiger partial charge in [-0.3, -0.25) is 4.79 Å². The summed E-state index contributed by atoms with van der Waals surface area (Å²) in [6.07, 6.45) is 3.06. The van der Waals surface area contributed by atoms with Crippen LogP contribution in [0, 0.1) is 11.2 Å². The van der Waals surface area contributed by atoms with E-state index in [2.05, 4.69) is 5.32 Å². The zero-order valence-electron chi connectivity index (χ0n) is 10.2. The highest BCUT2D eigenvalue weighted by Crippen LogP contribution is 2.40. The van der Waals surface area contributed by atoms with Crippen molar-refractivity contribution in [1.82, 2.24) is 0 Å². The molecular formula is C13H14ClFN2OS. The number of thiocarbonyl (C=S) groups is 1. The van der Waals surface area contributed by atoms with E-state index in [1.54, 1.807) is 0 Å². The molecule has 3 nitrogen and oxygen atoms in total. The lowest BCUT2D eigenvalue weighted by Gasteiger charge is -2.26. The summed E-state index contributed by atoms with van der Waals surface area (Å²) in [7, 11) is 0. The molecule has 3 N–H and O–H groups in total. The number of nitrogens with two attached hydrogens (primary N) is 1. The van der Waals surface area contributed by atoms with Gasteiger partial charge in [0.25, 0.3) is 0 Å². The van der Waals surface area contributed by atoms with Crippen molar-refractivity contribution in [2.45, 2.75) is 25.7 Å². The van der Waals surface area contributed by atoms with Crippen molar-refractivity contribution < 1.29 is 9.18 Å². The topological polar surface area (TPSA) is 55.1 Å². The summed E-state index contributed by atoms with van der Waals surface area (Å²) in [5, 5.41) is 2.92. The SMILES string of the molecule is NC(=S)C1(C(=O)Nc2cc(F)ccc2Cl)CCCC1. The van der Waals surface area contributed by atoms with Gasteiger partial charge >= 0.3 is 0 Å². The molecule has 0 bridgehead atoms. The maximum absolute atomic E-state index is 13.2. The summed E-state index contributed by atoms with van der Waals surface area (Å²) in [6, 6.07) is 3.81. The molecule has 2 rings (SSSR count). The number of benzene rings is 1. The summed E-state index contributed by atoms with van der Waals surface area (Å²) in [4.78, 5) is 12.6. The molecule has 1 fully saturated rings. The molecule has 1 saturated carbocycles. The van der Waals surface area contributed by atoms with Crippen molar-refractivity contribution in [1.29, 1.82) is 0 Å². The van der Waals surface area contributed by atoms with Crippen molar-refractivity contribution in [3.05, 3.63) is 29.0 Å². The Morgan fingerprint density at radius 1 is 1.42 bits per heavy atom. The van der Waals surface area contributed by atoms with Gasteiger partial charge in [-0.25, -0.2) is 4.39 Å². The molecule has 1 amide bonds. The first-order valence-corrected chi connectivity index (χ1v) is 6.81. The molecule has 102 valence electrons. The second-order valence-corrected chi connectivity index (χ2v) is 5.58. The normalized spacial score (nSPS) is 17.2. The van der Waals surface area contributed by atoms with E-state index in [1.165, 1.54) is 18.2 Å². The van der Waals surface area contributed by atoms with Gasteiger partial charge in [0.2, 0.25) is 5.91 Å². The third-order valence-corrected chi connectivity index (χ3v) is 4.26. The molecular weight excluding hydrogens is 287 g/mol. The van der Waals surface area contributed by atoms with Gasteiger partial charge in [0.05, 0.1) is 21.1 Å². The van der Waals surface area contributed by atoms with Gasteiger partial charge in [-0.2, -0.15) is 0 Å². The van der Waals surface area contributed by atoms with Crippen LogP contribution < -0.4 is 11.1 Å². The highest BCUT2D eigenvalue weighted by atomic mass is 35.5. The summed E-state index contributed by atoms with van der Waals surface area (Å²) < 4.78 is 13.2. The zero-order valence-corrected chi connectivity index (χ0v) is 11.8. The first-order chi connectivity index (χ1) is 8.95. The quantitative estimate of drug-likeness (QED) is 0.842. The molecule has 1 aromatic rings. The van der Waals surface area contributed by atoms with Gasteiger partial charge in [-0.05, 0) is 31.0 Å². The highest BCUT2D eigenvalue weighted by molar-refractivity contribution is 7.80. The Morgan fingerprint density at radius 3 is 2.63 bits per heavy atom. The van der Waals surface area contributed by atoms with Crippen LogP contribution in [0.5, 0.6) is 0 Å². The molecule has 19 heavy (non-hydrogen) atoms. The molecule has 0 heterocycles. The van der Waals surface area contributed by atoms with Gasteiger partial charge < -0.3 is 11.1 Å². The fourth-order valence-corrected chi connectivity index (χ4v) is 2.86. The van der Waals surface area contributed by atoms with Crippen LogP contribution in [0.25, 0.3) is 0 Å². The molecule has 1 aliphatic carbocycles. The van der Waals surface area contributed by atoms with Crippen LogP contribution in [0.4, 0.5) is 10.1 Å². The summed E-state index contributed by atoms with van der Waals surface area (Å²) in [5.74, 6) is -0.763. The molecule has 0 radical (unpaired) electrons. The largest absolute Gasteiger partial charge is 0.392 e. The molecule has 1 aliphatic rings. The molecule has 0 atom stereocenters. The molecule has 0 spiro atoms. The highest BCUT2D eigenvalue weighted by Gasteiger charge is 2.44. The van der Waals surface area contributed by atoms with Gasteiger partial charge in [0, 0.05) is 0 Å². The second kappa shape index (κ2) is 5.43. The lowest BCUT2D eigenvalue weighted by molar-refractivity contribution is -0.122. The van der Waals surface area contributed by atoms with E-state index in [4.69, 9.17) is 29.6 Å². The lowest BCUT2D eigenvalue weighted by Crippen LogP contribution is -2.44. The second-order valence-electron chi connectivity index (χ2n) is 4.73. The van der Waals surface area contributed by atoms with E-state index in [1.807, 2.05) is 0 Å². The first-order valence-electron chi connectivity index (χ1n) is 6.02. The van der Waals surface area contributed by atoms with Crippen LogP contribution in [0.3, 0.4) is 0 Å². The maximum atomic E-state index is 13.2. The van der Waals surface area contributed by atoms with Gasteiger partial charge in [-0.1, -0.05) is 36.7 Å². The van der Waals surface area contributed by atoms with E-state index in [9.17, 15) is 9.18 Å². The average Bonchev–Trinajstić information content (AvgIpc) is 2.84. The smallest absolute Gasteiger partial charge is 0.237 e. The predicted octanol–water partition coefficient (Wildman–Crippen LogP) is 3.26. The van der Waals surface area contributed by atoms with Crippen molar-refractivity contribution in [2.75, 3.05) is 5.32 Å². The Hall–Kier alpha value is -1.20. The Bertz CT molecular complexity index is 529. The van der Waals surface area contributed by atoms with Crippen molar-refractivity contribution >= 4 is 40.4 Å². The van der Waals surface area contributed by atoms with Gasteiger partial charge in [-0.15, -0.1) is 0 Å². The molecule has 6 heteroatoms. The van der Waals surface area contributed by atoms with Gasteiger partial charge in [0.1, 0.15) is 5.82 Å². The van der Waals surface area contributed by atoms with Gasteiger partial charge in [0.15, 0.2) is 0 Å². The Balaban J connectivity index is 2.25. The Kier molecular flexibility index (Phi) is 4.06. The average molecular weight is 301 g/mol. The monoisotopic (exact) mass is 300 g/mol. The van der Waals surface area contributed by atoms with Crippen LogP contribution in [0.15, 0.2) is 18.2 Å². The molecule has 0 aliphatic heterocycles. The number of carbonyl (C=O) groups excluding carboxylic acids is 1. The van der Waals surface area contributed by atoms with Crippen molar-refractivity contribution in [3.63, 3.8) is 0 Å². The minimum absolute atomic E-state index is 0.190. The predicted molar refractivity (Wildman–Crippen MR) is 77.7 cm³/mol. The van der Waals surface area contributed by atoms with Crippen LogP contribution >= 0.6 is 23.8 Å². The summed E-state index contributed by atoms with van der Waals surface area (Å²) in [5.41, 5.74) is 5.14. The number of hydrogen-bond donors (Lipinski definition) is 2. The minimum atomic E-state index is -0.828. The van der Waals surface area contributed by atoms with E-state index in [0.717, 1.165) is 12.8 Å². The summed E-state index contributed by atoms with van der Waals surface area (Å²) in [6.45, 7) is 0. The minimum Gasteiger partial charge on any atom is -0.392 e. The van der Waals surface area contributed by atoms with Crippen molar-refractivity contribution in [2.24, 2.45) is 11.1 Å². The molecule has 0 aromatic heterocycles. The van der Waals surface area contributed by atoms with Crippen LogP contribution in [0.2, 0.25) is 5.02 Å². The van der Waals surface area contributed by atoms with E-state index in [-0.39, 0.29) is 21.6 Å². The fourth-order valence-electron chi connectivity index (χ4n) is 2.40. The third-order valence-electron chi connectivity index (χ3n) is 3.54. The van der Waals surface area contributed by atoms with Crippen LogP contribution in [0.1, 0.15) is 25.7 Å². The molecule has 0 unspecified atom stereocenters. The van der Waals surface area contributed by atoms with Crippen LogP contribution in [-0.2, 0) is 4.79 Å². The zero-order chi connectivity index (χ0) is 14.0. The van der Waals surface area contributed by atoms with E-state index in [0.29, 0.717) is 12.8 Å². The number of nitrogens with one attached hydrogen (secondary N) is 1. The number of amides is 1. The van der Waals surface area contributed by atoms with E-state index < -0.39 is 11.2 Å². The number of anilines is 1. The van der Waals surface area contributed by atoms with E-state index >= 15 is 0 Å². The lowest BCUT2D eigenvalue weighted by atomic mass is 9.85. The maximum Gasteiger partial charge on any atom is 0.237 e. The molecule has 1 aromatic carbocycles. The number of carbonyl (C=O) groups is 1. The molecule has 0 saturated heterocycles. The number of halogens is 2. The van der Waals surface area contributed by atoms with Crippen LogP contribution in [-0.4, -0.2) is 10.9 Å². The summed E-state index contributed by atoms with van der Waals surface area (Å²) >= 11 is 11.0. The Labute approximate surface area is 121 Å². The van der Waals surface area contributed by atoms with Crippen molar-refractivity contribution in [3.8, 4) is 0 Å². The number of hydrogen-bond acceptors (Lipinski definition) is 2. The number of rotatable bonds is 3. The first kappa shape index (κ1) is 14.2.